The molecule has 1 aromatic carbocycles. The summed E-state index contributed by atoms with van der Waals surface area (Å²) in [5.41, 5.74) is 7.72. The normalized spacial score (nSPS) is 17.3. The van der Waals surface area contributed by atoms with Crippen LogP contribution in [0.5, 0.6) is 0 Å². The standard InChI is InChI=1S/C14H19BrF3N3/c15-12-9-11(3-4-19)1-2-13(12)21-7-5-20(6-8-21)10-14(16,17)18/h1-2,9H,3-8,10,19H2. The summed E-state index contributed by atoms with van der Waals surface area (Å²) >= 11 is 3.54. The molecule has 0 aliphatic carbocycles. The number of alkyl halides is 3. The molecule has 0 atom stereocenters. The molecule has 0 aromatic heterocycles. The van der Waals surface area contributed by atoms with E-state index < -0.39 is 12.7 Å². The number of piperazine rings is 1. The molecular formula is C14H19BrF3N3. The number of nitrogens with zero attached hydrogens (tertiary/aromatic N) is 2. The van der Waals surface area contributed by atoms with Crippen molar-refractivity contribution < 1.29 is 13.2 Å². The molecule has 1 fully saturated rings. The minimum absolute atomic E-state index is 0.427. The molecular weight excluding hydrogens is 347 g/mol. The average molecular weight is 366 g/mol. The van der Waals surface area contributed by atoms with E-state index in [-0.39, 0.29) is 0 Å². The smallest absolute Gasteiger partial charge is 0.368 e. The number of hydrogen-bond acceptors (Lipinski definition) is 3. The Labute approximate surface area is 131 Å². The van der Waals surface area contributed by atoms with Gasteiger partial charge in [0.05, 0.1) is 12.2 Å². The number of rotatable bonds is 4. The quantitative estimate of drug-likeness (QED) is 0.890. The lowest BCUT2D eigenvalue weighted by Gasteiger charge is -2.36. The summed E-state index contributed by atoms with van der Waals surface area (Å²) in [5, 5.41) is 0. The van der Waals surface area contributed by atoms with Gasteiger partial charge < -0.3 is 10.6 Å². The summed E-state index contributed by atoms with van der Waals surface area (Å²) in [7, 11) is 0. The van der Waals surface area contributed by atoms with E-state index in [0.717, 1.165) is 22.1 Å². The predicted molar refractivity (Wildman–Crippen MR) is 81.6 cm³/mol. The van der Waals surface area contributed by atoms with Gasteiger partial charge in [0.15, 0.2) is 0 Å². The van der Waals surface area contributed by atoms with Crippen molar-refractivity contribution in [1.29, 1.82) is 0 Å². The number of benzene rings is 1. The zero-order chi connectivity index (χ0) is 15.5. The van der Waals surface area contributed by atoms with Crippen molar-refractivity contribution in [2.45, 2.75) is 12.6 Å². The first-order valence-corrected chi connectivity index (χ1v) is 7.71. The third-order valence-corrected chi connectivity index (χ3v) is 4.20. The van der Waals surface area contributed by atoms with Crippen LogP contribution in [-0.2, 0) is 6.42 Å². The van der Waals surface area contributed by atoms with E-state index in [4.69, 9.17) is 5.73 Å². The minimum atomic E-state index is -4.12. The lowest BCUT2D eigenvalue weighted by atomic mass is 10.1. The fourth-order valence-corrected chi connectivity index (χ4v) is 3.21. The van der Waals surface area contributed by atoms with E-state index >= 15 is 0 Å². The zero-order valence-electron chi connectivity index (χ0n) is 11.7. The lowest BCUT2D eigenvalue weighted by molar-refractivity contribution is -0.146. The van der Waals surface area contributed by atoms with Crippen molar-refractivity contribution in [3.05, 3.63) is 28.2 Å². The predicted octanol–water partition coefficient (Wildman–Crippen LogP) is 2.63. The molecule has 0 unspecified atom stereocenters. The van der Waals surface area contributed by atoms with Gasteiger partial charge in [-0.3, -0.25) is 4.90 Å². The molecule has 1 heterocycles. The Morgan fingerprint density at radius 1 is 1.14 bits per heavy atom. The molecule has 0 radical (unpaired) electrons. The van der Waals surface area contributed by atoms with E-state index in [1.54, 1.807) is 0 Å². The Bertz CT molecular complexity index is 471. The zero-order valence-corrected chi connectivity index (χ0v) is 13.3. The van der Waals surface area contributed by atoms with Crippen LogP contribution in [0.25, 0.3) is 0 Å². The van der Waals surface area contributed by atoms with Gasteiger partial charge in [-0.1, -0.05) is 6.07 Å². The van der Waals surface area contributed by atoms with Crippen LogP contribution < -0.4 is 10.6 Å². The van der Waals surface area contributed by atoms with Crippen LogP contribution in [0, 0.1) is 0 Å². The van der Waals surface area contributed by atoms with E-state index in [9.17, 15) is 13.2 Å². The molecule has 0 saturated carbocycles. The first-order valence-electron chi connectivity index (χ1n) is 6.91. The van der Waals surface area contributed by atoms with Crippen molar-refractivity contribution in [3.63, 3.8) is 0 Å². The molecule has 1 saturated heterocycles. The van der Waals surface area contributed by atoms with Gasteiger partial charge >= 0.3 is 6.18 Å². The topological polar surface area (TPSA) is 32.5 Å². The fourth-order valence-electron chi connectivity index (χ4n) is 2.53. The number of halogens is 4. The van der Waals surface area contributed by atoms with Crippen molar-refractivity contribution in [2.75, 3.05) is 44.2 Å². The minimum Gasteiger partial charge on any atom is -0.368 e. The van der Waals surface area contributed by atoms with E-state index in [1.807, 2.05) is 18.2 Å². The monoisotopic (exact) mass is 365 g/mol. The molecule has 1 aliphatic rings. The van der Waals surface area contributed by atoms with Crippen molar-refractivity contribution in [2.24, 2.45) is 5.73 Å². The van der Waals surface area contributed by atoms with Crippen LogP contribution in [0.3, 0.4) is 0 Å². The Balaban J connectivity index is 1.96. The van der Waals surface area contributed by atoms with Gasteiger partial charge in [0.1, 0.15) is 0 Å². The Kier molecular flexibility index (Phi) is 5.51. The maximum Gasteiger partial charge on any atom is 0.401 e. The maximum atomic E-state index is 12.4. The highest BCUT2D eigenvalue weighted by atomic mass is 79.9. The molecule has 1 aromatic rings. The van der Waals surface area contributed by atoms with Gasteiger partial charge in [-0.05, 0) is 46.6 Å². The highest BCUT2D eigenvalue weighted by Crippen LogP contribution is 2.29. The Morgan fingerprint density at radius 3 is 2.33 bits per heavy atom. The molecule has 2 N–H and O–H groups in total. The first kappa shape index (κ1) is 16.6. The second-order valence-corrected chi connectivity index (χ2v) is 6.06. The summed E-state index contributed by atoms with van der Waals surface area (Å²) in [4.78, 5) is 3.57. The summed E-state index contributed by atoms with van der Waals surface area (Å²) in [6.45, 7) is 1.84. The maximum absolute atomic E-state index is 12.4. The van der Waals surface area contributed by atoms with Gasteiger partial charge in [0.2, 0.25) is 0 Å². The third-order valence-electron chi connectivity index (χ3n) is 3.56. The van der Waals surface area contributed by atoms with Gasteiger partial charge in [0, 0.05) is 30.7 Å². The van der Waals surface area contributed by atoms with E-state index in [1.165, 1.54) is 4.90 Å². The summed E-state index contributed by atoms with van der Waals surface area (Å²) < 4.78 is 38.1. The summed E-state index contributed by atoms with van der Waals surface area (Å²) in [6.07, 6.45) is -3.30. The fraction of sp³-hybridized carbons (Fsp3) is 0.571. The number of hydrogen-bond donors (Lipinski definition) is 1. The van der Waals surface area contributed by atoms with Crippen molar-refractivity contribution in [3.8, 4) is 0 Å². The summed E-state index contributed by atoms with van der Waals surface area (Å²) in [6, 6.07) is 6.06. The lowest BCUT2D eigenvalue weighted by Crippen LogP contribution is -2.49. The van der Waals surface area contributed by atoms with Crippen molar-refractivity contribution >= 4 is 21.6 Å². The molecule has 118 valence electrons. The van der Waals surface area contributed by atoms with E-state index in [0.29, 0.717) is 32.7 Å². The third kappa shape index (κ3) is 4.86. The molecule has 3 nitrogen and oxygen atoms in total. The molecule has 0 bridgehead atoms. The highest BCUT2D eigenvalue weighted by molar-refractivity contribution is 9.10. The SMILES string of the molecule is NCCc1ccc(N2CCN(CC(F)(F)F)CC2)c(Br)c1. The average Bonchev–Trinajstić information content (AvgIpc) is 2.39. The largest absolute Gasteiger partial charge is 0.401 e. The molecule has 0 amide bonds. The number of anilines is 1. The molecule has 21 heavy (non-hydrogen) atoms. The van der Waals surface area contributed by atoms with Gasteiger partial charge in [-0.15, -0.1) is 0 Å². The summed E-state index contributed by atoms with van der Waals surface area (Å²) in [5.74, 6) is 0. The Morgan fingerprint density at radius 2 is 1.81 bits per heavy atom. The van der Waals surface area contributed by atoms with Crippen LogP contribution in [0.1, 0.15) is 5.56 Å². The van der Waals surface area contributed by atoms with Crippen molar-refractivity contribution in [1.82, 2.24) is 4.90 Å². The molecule has 7 heteroatoms. The highest BCUT2D eigenvalue weighted by Gasteiger charge is 2.32. The van der Waals surface area contributed by atoms with Gasteiger partial charge in [-0.25, -0.2) is 0 Å². The first-order chi connectivity index (χ1) is 9.89. The van der Waals surface area contributed by atoms with Crippen LogP contribution in [0.2, 0.25) is 0 Å². The van der Waals surface area contributed by atoms with Gasteiger partial charge in [-0.2, -0.15) is 13.2 Å². The van der Waals surface area contributed by atoms with Crippen LogP contribution in [0.4, 0.5) is 18.9 Å². The molecule has 0 spiro atoms. The van der Waals surface area contributed by atoms with E-state index in [2.05, 4.69) is 20.8 Å². The van der Waals surface area contributed by atoms with Crippen LogP contribution in [-0.4, -0.2) is 50.3 Å². The number of nitrogens with two attached hydrogens (primary N) is 1. The van der Waals surface area contributed by atoms with Crippen LogP contribution >= 0.6 is 15.9 Å². The second-order valence-electron chi connectivity index (χ2n) is 5.20. The second kappa shape index (κ2) is 6.98. The van der Waals surface area contributed by atoms with Crippen LogP contribution in [0.15, 0.2) is 22.7 Å². The molecule has 2 rings (SSSR count). The Hall–Kier alpha value is -0.790. The molecule has 1 aliphatic heterocycles. The van der Waals surface area contributed by atoms with Gasteiger partial charge in [0.25, 0.3) is 0 Å².